The van der Waals surface area contributed by atoms with Crippen molar-refractivity contribution in [3.05, 3.63) is 0 Å². The maximum atomic E-state index is 11.2. The molecule has 75 valence electrons. The highest BCUT2D eigenvalue weighted by atomic mass is 16.2. The van der Waals surface area contributed by atoms with Crippen LogP contribution < -0.4 is 10.6 Å². The first-order valence-electron chi connectivity index (χ1n) is 4.77. The average Bonchev–Trinajstić information content (AvgIpc) is 2.15. The molecule has 4 heteroatoms. The number of hydrogen-bond donors (Lipinski definition) is 1. The summed E-state index contributed by atoms with van der Waals surface area (Å²) < 4.78 is 0. The third-order valence-electron chi connectivity index (χ3n) is 2.31. The Morgan fingerprint density at radius 3 is 2.62 bits per heavy atom. The van der Waals surface area contributed by atoms with E-state index < -0.39 is 0 Å². The number of piperidine rings is 1. The number of carbonyl (C=O) groups is 1. The van der Waals surface area contributed by atoms with Crippen LogP contribution in [0.25, 0.3) is 0 Å². The number of hydrogen-bond acceptors (Lipinski definition) is 2. The highest BCUT2D eigenvalue weighted by Gasteiger charge is 2.14. The molecule has 0 aromatic heterocycles. The Morgan fingerprint density at radius 2 is 2.08 bits per heavy atom. The van der Waals surface area contributed by atoms with Crippen molar-refractivity contribution in [3.8, 4) is 0 Å². The molecule has 1 radical (unpaired) electrons. The molecule has 1 aliphatic rings. The summed E-state index contributed by atoms with van der Waals surface area (Å²) in [5, 5.41) is 7.51. The zero-order chi connectivity index (χ0) is 9.68. The monoisotopic (exact) mass is 184 g/mol. The van der Waals surface area contributed by atoms with E-state index in [1.165, 1.54) is 0 Å². The molecule has 1 N–H and O–H groups in total. The lowest BCUT2D eigenvalue weighted by atomic mass is 10.1. The summed E-state index contributed by atoms with van der Waals surface area (Å²) in [7, 11) is 3.56. The van der Waals surface area contributed by atoms with Crippen LogP contribution in [0.5, 0.6) is 0 Å². The summed E-state index contributed by atoms with van der Waals surface area (Å²) in [6.07, 6.45) is 2.14. The van der Waals surface area contributed by atoms with Crippen LogP contribution in [0.15, 0.2) is 0 Å². The zero-order valence-corrected chi connectivity index (χ0v) is 8.42. The minimum absolute atomic E-state index is 0.141. The lowest BCUT2D eigenvalue weighted by Gasteiger charge is -2.23. The van der Waals surface area contributed by atoms with E-state index in [0.717, 1.165) is 25.9 Å². The van der Waals surface area contributed by atoms with Gasteiger partial charge in [-0.05, 0) is 12.8 Å². The number of amides is 1. The second-order valence-electron chi connectivity index (χ2n) is 3.61. The number of carbonyl (C=O) groups excluding carboxylic acids is 1. The molecule has 1 aliphatic heterocycles. The fourth-order valence-electron chi connectivity index (χ4n) is 1.34. The van der Waals surface area contributed by atoms with E-state index in [0.29, 0.717) is 12.6 Å². The third kappa shape index (κ3) is 3.74. The largest absolute Gasteiger partial charge is 0.348 e. The van der Waals surface area contributed by atoms with E-state index in [2.05, 4.69) is 10.6 Å². The first-order chi connectivity index (χ1) is 6.20. The van der Waals surface area contributed by atoms with Gasteiger partial charge in [0.15, 0.2) is 0 Å². The minimum atomic E-state index is 0.141. The van der Waals surface area contributed by atoms with Crippen molar-refractivity contribution in [1.82, 2.24) is 15.5 Å². The van der Waals surface area contributed by atoms with E-state index in [1.807, 2.05) is 0 Å². The van der Waals surface area contributed by atoms with Crippen LogP contribution in [0.3, 0.4) is 0 Å². The molecule has 0 aromatic rings. The van der Waals surface area contributed by atoms with Crippen molar-refractivity contribution < 1.29 is 4.79 Å². The smallest absolute Gasteiger partial charge is 0.236 e. The lowest BCUT2D eigenvalue weighted by molar-refractivity contribution is -0.127. The molecule has 0 atom stereocenters. The molecule has 0 aromatic carbocycles. The van der Waals surface area contributed by atoms with Gasteiger partial charge in [-0.2, -0.15) is 0 Å². The quantitative estimate of drug-likeness (QED) is 0.638. The van der Waals surface area contributed by atoms with Gasteiger partial charge >= 0.3 is 0 Å². The van der Waals surface area contributed by atoms with Crippen molar-refractivity contribution in [2.75, 3.05) is 33.7 Å². The molecule has 1 rings (SSSR count). The van der Waals surface area contributed by atoms with Gasteiger partial charge in [0.25, 0.3) is 0 Å². The van der Waals surface area contributed by atoms with Gasteiger partial charge < -0.3 is 10.2 Å². The minimum Gasteiger partial charge on any atom is -0.348 e. The van der Waals surface area contributed by atoms with E-state index in [-0.39, 0.29) is 5.91 Å². The Kier molecular flexibility index (Phi) is 4.18. The Morgan fingerprint density at radius 1 is 1.46 bits per heavy atom. The molecule has 1 amide bonds. The number of nitrogens with zero attached hydrogens (tertiary/aromatic N) is 2. The van der Waals surface area contributed by atoms with Gasteiger partial charge in [-0.15, -0.1) is 0 Å². The molecule has 0 aliphatic carbocycles. The maximum Gasteiger partial charge on any atom is 0.236 e. The predicted molar refractivity (Wildman–Crippen MR) is 51.6 cm³/mol. The summed E-state index contributed by atoms with van der Waals surface area (Å²) in [4.78, 5) is 12.8. The Labute approximate surface area is 79.7 Å². The van der Waals surface area contributed by atoms with E-state index >= 15 is 0 Å². The zero-order valence-electron chi connectivity index (χ0n) is 8.42. The Balaban J connectivity index is 2.13. The van der Waals surface area contributed by atoms with Crippen LogP contribution in [-0.4, -0.2) is 50.6 Å². The van der Waals surface area contributed by atoms with Crippen LogP contribution >= 0.6 is 0 Å². The van der Waals surface area contributed by atoms with Gasteiger partial charge in [-0.3, -0.25) is 4.79 Å². The van der Waals surface area contributed by atoms with Gasteiger partial charge in [0, 0.05) is 33.2 Å². The first kappa shape index (κ1) is 10.5. The highest BCUT2D eigenvalue weighted by molar-refractivity contribution is 5.77. The van der Waals surface area contributed by atoms with E-state index in [9.17, 15) is 4.79 Å². The molecule has 13 heavy (non-hydrogen) atoms. The fraction of sp³-hybridized carbons (Fsp3) is 0.889. The Bertz CT molecular complexity index is 164. The molecule has 0 bridgehead atoms. The van der Waals surface area contributed by atoms with Crippen molar-refractivity contribution in [2.45, 2.75) is 18.9 Å². The number of rotatable bonds is 3. The summed E-state index contributed by atoms with van der Waals surface area (Å²) in [5.41, 5.74) is 0. The molecular weight excluding hydrogens is 166 g/mol. The molecule has 0 saturated carbocycles. The van der Waals surface area contributed by atoms with Crippen molar-refractivity contribution in [3.63, 3.8) is 0 Å². The van der Waals surface area contributed by atoms with Crippen LogP contribution in [0, 0.1) is 0 Å². The fourth-order valence-corrected chi connectivity index (χ4v) is 1.34. The second kappa shape index (κ2) is 5.19. The van der Waals surface area contributed by atoms with Gasteiger partial charge in [-0.25, -0.2) is 5.32 Å². The average molecular weight is 184 g/mol. The molecule has 1 saturated heterocycles. The molecule has 1 fully saturated rings. The summed E-state index contributed by atoms with van der Waals surface area (Å²) >= 11 is 0. The van der Waals surface area contributed by atoms with Crippen molar-refractivity contribution in [1.29, 1.82) is 0 Å². The van der Waals surface area contributed by atoms with Gasteiger partial charge in [0.2, 0.25) is 5.91 Å². The Hall–Kier alpha value is -0.610. The van der Waals surface area contributed by atoms with Gasteiger partial charge in [0.05, 0.1) is 6.54 Å². The summed E-state index contributed by atoms with van der Waals surface area (Å²) in [6.45, 7) is 2.33. The summed E-state index contributed by atoms with van der Waals surface area (Å²) in [6, 6.07) is 0.487. The molecule has 0 unspecified atom stereocenters. The number of likely N-dealkylation sites (N-methyl/N-ethyl adjacent to an activating group) is 1. The van der Waals surface area contributed by atoms with Crippen LogP contribution in [-0.2, 0) is 4.79 Å². The normalized spacial score (nSPS) is 18.6. The lowest BCUT2D eigenvalue weighted by Crippen LogP contribution is -2.42. The highest BCUT2D eigenvalue weighted by Crippen LogP contribution is 2.02. The third-order valence-corrected chi connectivity index (χ3v) is 2.31. The molecule has 4 nitrogen and oxygen atoms in total. The maximum absolute atomic E-state index is 11.2. The van der Waals surface area contributed by atoms with E-state index in [4.69, 9.17) is 0 Å². The first-order valence-corrected chi connectivity index (χ1v) is 4.77. The molecule has 1 heterocycles. The standard InChI is InChI=1S/C9H18N3O/c1-12(2)9(13)7-11-8-3-5-10-6-4-8/h8,11H,3-7H2,1-2H3. The molecule has 0 spiro atoms. The van der Waals surface area contributed by atoms with Gasteiger partial charge in [-0.1, -0.05) is 0 Å². The van der Waals surface area contributed by atoms with Gasteiger partial charge in [0.1, 0.15) is 0 Å². The number of nitrogens with one attached hydrogen (secondary N) is 1. The van der Waals surface area contributed by atoms with Crippen LogP contribution in [0.4, 0.5) is 0 Å². The van der Waals surface area contributed by atoms with Crippen LogP contribution in [0.1, 0.15) is 12.8 Å². The second-order valence-corrected chi connectivity index (χ2v) is 3.61. The topological polar surface area (TPSA) is 46.4 Å². The molecular formula is C9H18N3O. The van der Waals surface area contributed by atoms with Crippen LogP contribution in [0.2, 0.25) is 0 Å². The van der Waals surface area contributed by atoms with Crippen molar-refractivity contribution >= 4 is 5.91 Å². The SMILES string of the molecule is CN(C)C(=O)CNC1CC[N]CC1. The predicted octanol–water partition coefficient (Wildman–Crippen LogP) is -0.569. The summed E-state index contributed by atoms with van der Waals surface area (Å²) in [5.74, 6) is 0.141. The van der Waals surface area contributed by atoms with Crippen molar-refractivity contribution in [2.24, 2.45) is 0 Å². The van der Waals surface area contributed by atoms with E-state index in [1.54, 1.807) is 19.0 Å².